The lowest BCUT2D eigenvalue weighted by Gasteiger charge is -2.22. The van der Waals surface area contributed by atoms with Crippen LogP contribution >= 0.6 is 15.9 Å². The maximum atomic E-state index is 11.5. The van der Waals surface area contributed by atoms with Gasteiger partial charge < -0.3 is 10.1 Å². The van der Waals surface area contributed by atoms with Gasteiger partial charge in [-0.3, -0.25) is 4.79 Å². The Balaban J connectivity index is 2.84. The number of amides is 1. The van der Waals surface area contributed by atoms with Crippen molar-refractivity contribution in [3.05, 3.63) is 10.2 Å². The van der Waals surface area contributed by atoms with Crippen molar-refractivity contribution in [2.45, 2.75) is 32.1 Å². The summed E-state index contributed by atoms with van der Waals surface area (Å²) in [5.41, 5.74) is 0.226. The van der Waals surface area contributed by atoms with E-state index < -0.39 is 5.97 Å². The lowest BCUT2D eigenvalue weighted by molar-refractivity contribution is -0.137. The molecule has 5 heteroatoms. The molecule has 1 N–H and O–H groups in total. The normalized spacial score (nSPS) is 18.6. The fourth-order valence-corrected chi connectivity index (χ4v) is 2.68. The van der Waals surface area contributed by atoms with E-state index in [9.17, 15) is 9.59 Å². The first-order valence-corrected chi connectivity index (χ1v) is 6.18. The molecule has 1 aliphatic rings. The van der Waals surface area contributed by atoms with Crippen LogP contribution in [0, 0.1) is 5.92 Å². The van der Waals surface area contributed by atoms with Crippen LogP contribution in [0.3, 0.4) is 0 Å². The summed E-state index contributed by atoms with van der Waals surface area (Å²) in [5.74, 6) is -0.195. The van der Waals surface area contributed by atoms with Crippen molar-refractivity contribution in [3.8, 4) is 0 Å². The van der Waals surface area contributed by atoms with Gasteiger partial charge in [-0.05, 0) is 18.8 Å². The topological polar surface area (TPSA) is 55.4 Å². The summed E-state index contributed by atoms with van der Waals surface area (Å²) in [5, 5.41) is 2.41. The van der Waals surface area contributed by atoms with Gasteiger partial charge >= 0.3 is 5.97 Å². The minimum absolute atomic E-state index is 0.226. The molecular formula is C11H16BrNO3. The summed E-state index contributed by atoms with van der Waals surface area (Å²) < 4.78 is 5.38. The van der Waals surface area contributed by atoms with Gasteiger partial charge in [0.15, 0.2) is 0 Å². The predicted molar refractivity (Wildman–Crippen MR) is 63.7 cm³/mol. The number of rotatable bonds is 4. The van der Waals surface area contributed by atoms with E-state index in [4.69, 9.17) is 0 Å². The third kappa shape index (κ3) is 3.33. The number of methoxy groups -OCH3 is 1. The average Bonchev–Trinajstić information content (AvgIpc) is 2.35. The SMILES string of the molecule is COC(=O)C(NC=O)=C(Br)C1CCCCC1. The molecule has 1 amide bonds. The maximum absolute atomic E-state index is 11.5. The van der Waals surface area contributed by atoms with Crippen molar-refractivity contribution in [2.75, 3.05) is 7.11 Å². The Hall–Kier alpha value is -0.840. The highest BCUT2D eigenvalue weighted by Gasteiger charge is 2.23. The third-order valence-corrected chi connectivity index (χ3v) is 3.84. The first-order chi connectivity index (χ1) is 7.70. The smallest absolute Gasteiger partial charge is 0.355 e. The number of esters is 1. The Bertz CT molecular complexity index is 296. The Kier molecular flexibility index (Phi) is 5.52. The van der Waals surface area contributed by atoms with E-state index in [0.29, 0.717) is 12.3 Å². The Morgan fingerprint density at radius 3 is 2.50 bits per heavy atom. The summed E-state index contributed by atoms with van der Waals surface area (Å²) in [6.45, 7) is 0. The Labute approximate surface area is 104 Å². The van der Waals surface area contributed by atoms with Gasteiger partial charge in [0.05, 0.1) is 7.11 Å². The largest absolute Gasteiger partial charge is 0.464 e. The van der Waals surface area contributed by atoms with Crippen molar-refractivity contribution in [2.24, 2.45) is 5.92 Å². The first kappa shape index (κ1) is 13.2. The molecule has 1 fully saturated rings. The molecule has 1 saturated carbocycles. The fourth-order valence-electron chi connectivity index (χ4n) is 1.95. The predicted octanol–water partition coefficient (Wildman–Crippen LogP) is 2.09. The van der Waals surface area contributed by atoms with Crippen molar-refractivity contribution in [1.29, 1.82) is 0 Å². The molecule has 0 unspecified atom stereocenters. The third-order valence-electron chi connectivity index (χ3n) is 2.80. The average molecular weight is 290 g/mol. The zero-order valence-electron chi connectivity index (χ0n) is 9.29. The molecule has 1 rings (SSSR count). The molecule has 0 aromatic rings. The van der Waals surface area contributed by atoms with Crippen LogP contribution in [0.15, 0.2) is 10.2 Å². The number of halogens is 1. The van der Waals surface area contributed by atoms with Gasteiger partial charge in [-0.2, -0.15) is 0 Å². The molecule has 0 saturated heterocycles. The lowest BCUT2D eigenvalue weighted by Crippen LogP contribution is -2.23. The summed E-state index contributed by atoms with van der Waals surface area (Å²) >= 11 is 3.41. The number of carbonyl (C=O) groups is 2. The van der Waals surface area contributed by atoms with Crippen LogP contribution in [0.25, 0.3) is 0 Å². The minimum Gasteiger partial charge on any atom is -0.464 e. The first-order valence-electron chi connectivity index (χ1n) is 5.39. The molecule has 90 valence electrons. The minimum atomic E-state index is -0.510. The second kappa shape index (κ2) is 6.68. The van der Waals surface area contributed by atoms with E-state index in [-0.39, 0.29) is 5.70 Å². The molecule has 16 heavy (non-hydrogen) atoms. The number of nitrogens with one attached hydrogen (secondary N) is 1. The Morgan fingerprint density at radius 1 is 1.38 bits per heavy atom. The van der Waals surface area contributed by atoms with Crippen molar-refractivity contribution < 1.29 is 14.3 Å². The summed E-state index contributed by atoms with van der Waals surface area (Å²) in [7, 11) is 1.30. The number of ether oxygens (including phenoxy) is 1. The van der Waals surface area contributed by atoms with Gasteiger partial charge in [-0.15, -0.1) is 0 Å². The maximum Gasteiger partial charge on any atom is 0.355 e. The van der Waals surface area contributed by atoms with E-state index in [0.717, 1.165) is 30.2 Å². The van der Waals surface area contributed by atoms with Gasteiger partial charge in [0, 0.05) is 4.48 Å². The van der Waals surface area contributed by atoms with Gasteiger partial charge in [0.2, 0.25) is 6.41 Å². The van der Waals surface area contributed by atoms with Gasteiger partial charge in [0.1, 0.15) is 5.70 Å². The van der Waals surface area contributed by atoms with Crippen LogP contribution in [0.4, 0.5) is 0 Å². The zero-order valence-corrected chi connectivity index (χ0v) is 10.9. The summed E-state index contributed by atoms with van der Waals surface area (Å²) in [6.07, 6.45) is 6.15. The standard InChI is InChI=1S/C11H16BrNO3/c1-16-11(15)10(13-7-14)9(12)8-5-3-2-4-6-8/h7-8H,2-6H2,1H3,(H,13,14). The molecule has 4 nitrogen and oxygen atoms in total. The van der Waals surface area contributed by atoms with Crippen molar-refractivity contribution >= 4 is 28.3 Å². The molecule has 0 bridgehead atoms. The number of hydrogen-bond donors (Lipinski definition) is 1. The van der Waals surface area contributed by atoms with E-state index in [1.54, 1.807) is 0 Å². The quantitative estimate of drug-likeness (QED) is 0.490. The summed E-state index contributed by atoms with van der Waals surface area (Å²) in [4.78, 5) is 21.9. The number of allylic oxidation sites excluding steroid dienone is 1. The highest BCUT2D eigenvalue weighted by atomic mass is 79.9. The second-order valence-electron chi connectivity index (χ2n) is 3.81. The van der Waals surface area contributed by atoms with E-state index >= 15 is 0 Å². The molecule has 0 spiro atoms. The molecule has 0 heterocycles. The van der Waals surface area contributed by atoms with E-state index in [1.807, 2.05) is 0 Å². The number of hydrogen-bond acceptors (Lipinski definition) is 3. The molecule has 0 atom stereocenters. The van der Waals surface area contributed by atoms with Crippen LogP contribution in [0.2, 0.25) is 0 Å². The summed E-state index contributed by atoms with van der Waals surface area (Å²) in [6, 6.07) is 0. The molecule has 0 aromatic heterocycles. The highest BCUT2D eigenvalue weighted by Crippen LogP contribution is 2.34. The van der Waals surface area contributed by atoms with E-state index in [1.165, 1.54) is 13.5 Å². The van der Waals surface area contributed by atoms with Crippen LogP contribution in [0.1, 0.15) is 32.1 Å². The number of carbonyl (C=O) groups excluding carboxylic acids is 2. The van der Waals surface area contributed by atoms with Crippen LogP contribution in [-0.2, 0) is 14.3 Å². The van der Waals surface area contributed by atoms with Crippen LogP contribution in [0.5, 0.6) is 0 Å². The second-order valence-corrected chi connectivity index (χ2v) is 4.67. The monoisotopic (exact) mass is 289 g/mol. The molecular weight excluding hydrogens is 274 g/mol. The lowest BCUT2D eigenvalue weighted by atomic mass is 9.88. The fraction of sp³-hybridized carbons (Fsp3) is 0.636. The van der Waals surface area contributed by atoms with Gasteiger partial charge in [-0.1, -0.05) is 35.2 Å². The molecule has 0 aromatic carbocycles. The van der Waals surface area contributed by atoms with Gasteiger partial charge in [0.25, 0.3) is 0 Å². The van der Waals surface area contributed by atoms with E-state index in [2.05, 4.69) is 26.0 Å². The molecule has 0 radical (unpaired) electrons. The molecule has 0 aliphatic heterocycles. The van der Waals surface area contributed by atoms with Crippen LogP contribution < -0.4 is 5.32 Å². The highest BCUT2D eigenvalue weighted by molar-refractivity contribution is 9.11. The van der Waals surface area contributed by atoms with Crippen LogP contribution in [-0.4, -0.2) is 19.5 Å². The van der Waals surface area contributed by atoms with Crippen molar-refractivity contribution in [3.63, 3.8) is 0 Å². The van der Waals surface area contributed by atoms with Gasteiger partial charge in [-0.25, -0.2) is 4.79 Å². The zero-order chi connectivity index (χ0) is 12.0. The Morgan fingerprint density at radius 2 is 2.00 bits per heavy atom. The van der Waals surface area contributed by atoms with Crippen molar-refractivity contribution in [1.82, 2.24) is 5.32 Å². The molecule has 1 aliphatic carbocycles.